The molecule has 2 aliphatic carbocycles. The smallest absolute Gasteiger partial charge is 0.192 e. The van der Waals surface area contributed by atoms with Crippen LogP contribution >= 0.6 is 0 Å². The third kappa shape index (κ3) is 1.40. The fourth-order valence-corrected chi connectivity index (χ4v) is 7.39. The Morgan fingerprint density at radius 2 is 1.70 bits per heavy atom. The molecule has 1 aromatic rings. The number of hydrogen-bond donors (Lipinski definition) is 0. The monoisotopic (exact) mass is 292 g/mol. The lowest BCUT2D eigenvalue weighted by molar-refractivity contribution is -0.118. The van der Waals surface area contributed by atoms with E-state index in [2.05, 4.69) is 0 Å². The van der Waals surface area contributed by atoms with Gasteiger partial charge in [-0.25, -0.2) is 8.42 Å². The Balaban J connectivity index is 2.23. The van der Waals surface area contributed by atoms with E-state index in [-0.39, 0.29) is 17.6 Å². The molecule has 4 heteroatoms. The molecule has 0 saturated heterocycles. The normalized spacial score (nSPS) is 32.3. The molecule has 0 aromatic heterocycles. The summed E-state index contributed by atoms with van der Waals surface area (Å²) in [5.41, 5.74) is 2.57. The summed E-state index contributed by atoms with van der Waals surface area (Å²) in [4.78, 5) is 12.7. The number of aryl methyl sites for hydroxylation is 3. The van der Waals surface area contributed by atoms with Gasteiger partial charge in [-0.1, -0.05) is 24.6 Å². The highest BCUT2D eigenvalue weighted by Gasteiger charge is 2.77. The van der Waals surface area contributed by atoms with Crippen molar-refractivity contribution in [3.05, 3.63) is 28.8 Å². The molecule has 0 spiro atoms. The molecule has 2 aliphatic rings. The van der Waals surface area contributed by atoms with Crippen molar-refractivity contribution in [1.29, 1.82) is 0 Å². The number of fused-ring (bicyclic) bond motifs is 1. The van der Waals surface area contributed by atoms with E-state index in [9.17, 15) is 13.2 Å². The third-order valence-corrected chi connectivity index (χ3v) is 8.13. The van der Waals surface area contributed by atoms with E-state index in [0.29, 0.717) is 11.3 Å². The van der Waals surface area contributed by atoms with Crippen LogP contribution in [0.5, 0.6) is 0 Å². The van der Waals surface area contributed by atoms with Crippen LogP contribution in [0.4, 0.5) is 0 Å². The quantitative estimate of drug-likeness (QED) is 0.842. The van der Waals surface area contributed by atoms with Gasteiger partial charge < -0.3 is 0 Å². The Morgan fingerprint density at radius 3 is 2.15 bits per heavy atom. The van der Waals surface area contributed by atoms with Crippen molar-refractivity contribution >= 4 is 15.6 Å². The molecule has 1 aromatic carbocycles. The van der Waals surface area contributed by atoms with Gasteiger partial charge in [-0.05, 0) is 50.2 Å². The molecule has 0 radical (unpaired) electrons. The van der Waals surface area contributed by atoms with Gasteiger partial charge in [0.1, 0.15) is 4.75 Å². The molecule has 3 nitrogen and oxygen atoms in total. The van der Waals surface area contributed by atoms with Crippen molar-refractivity contribution < 1.29 is 13.2 Å². The maximum Gasteiger partial charge on any atom is 0.192 e. The Labute approximate surface area is 120 Å². The van der Waals surface area contributed by atoms with Gasteiger partial charge in [0, 0.05) is 6.42 Å². The lowest BCUT2D eigenvalue weighted by atomic mass is 10.1. The molecule has 0 aliphatic heterocycles. The number of ketones is 1. The number of carbonyl (C=O) groups is 1. The zero-order valence-corrected chi connectivity index (χ0v) is 13.2. The SMILES string of the molecule is Cc1cc(C)c(S(=O)(=O)[C@]23C(=O)CC[C@H]2[C@@H]3C)c(C)c1. The summed E-state index contributed by atoms with van der Waals surface area (Å²) in [6.07, 6.45) is 1.14. The van der Waals surface area contributed by atoms with E-state index in [1.165, 1.54) is 0 Å². The van der Waals surface area contributed by atoms with Crippen LogP contribution in [0.15, 0.2) is 17.0 Å². The Kier molecular flexibility index (Phi) is 2.72. The first-order valence-corrected chi connectivity index (χ1v) is 8.58. The third-order valence-electron chi connectivity index (χ3n) is 5.16. The number of sulfone groups is 1. The molecular formula is C16H20O3S. The van der Waals surface area contributed by atoms with Gasteiger partial charge in [0.05, 0.1) is 4.90 Å². The minimum absolute atomic E-state index is 0.0279. The lowest BCUT2D eigenvalue weighted by Gasteiger charge is -2.18. The molecule has 0 N–H and O–H groups in total. The van der Waals surface area contributed by atoms with Crippen molar-refractivity contribution in [2.75, 3.05) is 0 Å². The first-order valence-electron chi connectivity index (χ1n) is 7.10. The summed E-state index contributed by atoms with van der Waals surface area (Å²) in [7, 11) is -3.59. The van der Waals surface area contributed by atoms with E-state index < -0.39 is 14.6 Å². The highest BCUT2D eigenvalue weighted by atomic mass is 32.2. The van der Waals surface area contributed by atoms with Gasteiger partial charge in [-0.3, -0.25) is 4.79 Å². The van der Waals surface area contributed by atoms with Crippen LogP contribution < -0.4 is 0 Å². The molecule has 108 valence electrons. The van der Waals surface area contributed by atoms with E-state index in [4.69, 9.17) is 0 Å². The Hall–Kier alpha value is -1.16. The first kappa shape index (κ1) is 13.8. The van der Waals surface area contributed by atoms with E-state index >= 15 is 0 Å². The highest BCUT2D eigenvalue weighted by molar-refractivity contribution is 7.94. The predicted octanol–water partition coefficient (Wildman–Crippen LogP) is 2.75. The summed E-state index contributed by atoms with van der Waals surface area (Å²) < 4.78 is 25.2. The molecule has 0 heterocycles. The van der Waals surface area contributed by atoms with Crippen LogP contribution in [-0.2, 0) is 14.6 Å². The predicted molar refractivity (Wildman–Crippen MR) is 77.5 cm³/mol. The minimum atomic E-state index is -3.59. The fourth-order valence-electron chi connectivity index (χ4n) is 4.38. The minimum Gasteiger partial charge on any atom is -0.298 e. The number of hydrogen-bond acceptors (Lipinski definition) is 3. The maximum atomic E-state index is 13.2. The molecule has 2 fully saturated rings. The maximum absolute atomic E-state index is 13.2. The van der Waals surface area contributed by atoms with Crippen LogP contribution in [0.25, 0.3) is 0 Å². The molecule has 0 bridgehead atoms. The van der Waals surface area contributed by atoms with E-state index in [1.54, 1.807) is 0 Å². The van der Waals surface area contributed by atoms with Crippen LogP contribution in [0, 0.1) is 32.6 Å². The molecule has 3 atom stereocenters. The molecule has 20 heavy (non-hydrogen) atoms. The summed E-state index contributed by atoms with van der Waals surface area (Å²) >= 11 is 0. The molecular weight excluding hydrogens is 272 g/mol. The van der Waals surface area contributed by atoms with Gasteiger partial charge in [0.25, 0.3) is 0 Å². The summed E-state index contributed by atoms with van der Waals surface area (Å²) in [5.74, 6) is -0.0802. The average Bonchev–Trinajstić information content (AvgIpc) is 2.72. The van der Waals surface area contributed by atoms with Crippen LogP contribution in [0.3, 0.4) is 0 Å². The summed E-state index contributed by atoms with van der Waals surface area (Å²) in [6, 6.07) is 3.77. The first-order chi connectivity index (χ1) is 9.24. The summed E-state index contributed by atoms with van der Waals surface area (Å²) in [6.45, 7) is 7.51. The largest absolute Gasteiger partial charge is 0.298 e. The zero-order chi connectivity index (χ0) is 14.9. The van der Waals surface area contributed by atoms with Gasteiger partial charge in [-0.2, -0.15) is 0 Å². The highest BCUT2D eigenvalue weighted by Crippen LogP contribution is 2.65. The number of Topliss-reactive ketones (excluding diaryl/α,β-unsaturated/α-hetero) is 1. The second-order valence-electron chi connectivity index (χ2n) is 6.38. The fraction of sp³-hybridized carbons (Fsp3) is 0.562. The Morgan fingerprint density at radius 1 is 1.15 bits per heavy atom. The standard InChI is InChI=1S/C16H20O3S/c1-9-7-10(2)15(11(3)8-9)20(18,19)16-12(4)13(16)5-6-14(16)17/h7-8,12-13H,5-6H2,1-4H3/t12-,13-,16-/m0/s1. The van der Waals surface area contributed by atoms with Gasteiger partial charge >= 0.3 is 0 Å². The zero-order valence-electron chi connectivity index (χ0n) is 12.4. The molecule has 0 unspecified atom stereocenters. The van der Waals surface area contributed by atoms with Gasteiger partial charge in [0.15, 0.2) is 15.6 Å². The number of rotatable bonds is 2. The Bertz CT molecular complexity index is 694. The topological polar surface area (TPSA) is 51.2 Å². The van der Waals surface area contributed by atoms with Crippen LogP contribution in [-0.4, -0.2) is 18.9 Å². The van der Waals surface area contributed by atoms with Gasteiger partial charge in [0.2, 0.25) is 0 Å². The van der Waals surface area contributed by atoms with Crippen LogP contribution in [0.1, 0.15) is 36.5 Å². The number of carbonyl (C=O) groups excluding carboxylic acids is 1. The molecule has 0 amide bonds. The van der Waals surface area contributed by atoms with Crippen molar-refractivity contribution in [1.82, 2.24) is 0 Å². The van der Waals surface area contributed by atoms with Crippen LogP contribution in [0.2, 0.25) is 0 Å². The molecule has 3 rings (SSSR count). The average molecular weight is 292 g/mol. The second-order valence-corrected chi connectivity index (χ2v) is 8.47. The lowest BCUT2D eigenvalue weighted by Crippen LogP contribution is -2.34. The number of benzene rings is 1. The van der Waals surface area contributed by atoms with E-state index in [1.807, 2.05) is 39.8 Å². The van der Waals surface area contributed by atoms with Crippen molar-refractivity contribution in [2.45, 2.75) is 50.2 Å². The molecule has 2 saturated carbocycles. The van der Waals surface area contributed by atoms with E-state index in [0.717, 1.165) is 23.1 Å². The van der Waals surface area contributed by atoms with Crippen molar-refractivity contribution in [3.8, 4) is 0 Å². The second kappa shape index (κ2) is 3.94. The van der Waals surface area contributed by atoms with Gasteiger partial charge in [-0.15, -0.1) is 0 Å². The van der Waals surface area contributed by atoms with Crippen molar-refractivity contribution in [3.63, 3.8) is 0 Å². The summed E-state index contributed by atoms with van der Waals surface area (Å²) in [5, 5.41) is 0. The van der Waals surface area contributed by atoms with Crippen molar-refractivity contribution in [2.24, 2.45) is 11.8 Å².